The van der Waals surface area contributed by atoms with Crippen molar-refractivity contribution in [1.29, 1.82) is 0 Å². The molecule has 126 valence electrons. The second kappa shape index (κ2) is 7.34. The minimum absolute atomic E-state index is 0.207. The summed E-state index contributed by atoms with van der Waals surface area (Å²) < 4.78 is 19.2. The van der Waals surface area contributed by atoms with Crippen LogP contribution in [0, 0.1) is 5.82 Å². The number of anilines is 2. The number of piperidine rings is 1. The van der Waals surface area contributed by atoms with Crippen LogP contribution in [-0.4, -0.2) is 26.1 Å². The van der Waals surface area contributed by atoms with Crippen LogP contribution < -0.4 is 15.0 Å². The van der Waals surface area contributed by atoms with Gasteiger partial charge in [-0.05, 0) is 61.7 Å². The molecule has 0 unspecified atom stereocenters. The predicted molar refractivity (Wildman–Crippen MR) is 93.4 cm³/mol. The van der Waals surface area contributed by atoms with Crippen molar-refractivity contribution in [3.05, 3.63) is 53.8 Å². The first kappa shape index (κ1) is 16.3. The molecule has 0 radical (unpaired) electrons. The molecule has 0 bridgehead atoms. The Morgan fingerprint density at radius 2 is 1.79 bits per heavy atom. The van der Waals surface area contributed by atoms with Gasteiger partial charge in [0.05, 0.1) is 12.8 Å². The molecule has 0 aromatic heterocycles. The Kier molecular flexibility index (Phi) is 4.99. The van der Waals surface area contributed by atoms with E-state index in [1.54, 1.807) is 43.5 Å². The summed E-state index contributed by atoms with van der Waals surface area (Å²) in [6, 6.07) is 11.6. The maximum atomic E-state index is 14.1. The van der Waals surface area contributed by atoms with E-state index in [2.05, 4.69) is 10.2 Å². The zero-order chi connectivity index (χ0) is 16.9. The van der Waals surface area contributed by atoms with Crippen LogP contribution >= 0.6 is 0 Å². The molecule has 0 aliphatic carbocycles. The molecule has 0 saturated carbocycles. The highest BCUT2D eigenvalue weighted by Gasteiger charge is 2.15. The lowest BCUT2D eigenvalue weighted by atomic mass is 10.1. The zero-order valence-corrected chi connectivity index (χ0v) is 13.7. The molecular formula is C19H21FN2O2. The van der Waals surface area contributed by atoms with E-state index in [4.69, 9.17) is 4.74 Å². The smallest absolute Gasteiger partial charge is 0.255 e. The number of carbonyl (C=O) groups excluding carboxylic acids is 1. The highest BCUT2D eigenvalue weighted by molar-refractivity contribution is 6.04. The molecule has 2 aromatic rings. The molecule has 1 aliphatic heterocycles. The number of amides is 1. The molecule has 24 heavy (non-hydrogen) atoms. The number of ether oxygens (including phenoxy) is 1. The second-order valence-electron chi connectivity index (χ2n) is 5.89. The van der Waals surface area contributed by atoms with Gasteiger partial charge in [0.1, 0.15) is 11.6 Å². The molecule has 4 nitrogen and oxygen atoms in total. The van der Waals surface area contributed by atoms with Gasteiger partial charge < -0.3 is 15.0 Å². The normalized spacial score (nSPS) is 14.3. The predicted octanol–water partition coefficient (Wildman–Crippen LogP) is 4.08. The molecular weight excluding hydrogens is 307 g/mol. The van der Waals surface area contributed by atoms with E-state index >= 15 is 0 Å². The van der Waals surface area contributed by atoms with Crippen molar-refractivity contribution in [3.8, 4) is 5.75 Å². The summed E-state index contributed by atoms with van der Waals surface area (Å²) in [7, 11) is 1.57. The molecule has 2 aromatic carbocycles. The van der Waals surface area contributed by atoms with Crippen molar-refractivity contribution in [1.82, 2.24) is 0 Å². The Balaban J connectivity index is 1.76. The molecule has 5 heteroatoms. The van der Waals surface area contributed by atoms with Crippen LogP contribution in [0.1, 0.15) is 29.6 Å². The van der Waals surface area contributed by atoms with Crippen LogP contribution in [0.25, 0.3) is 0 Å². The van der Waals surface area contributed by atoms with Gasteiger partial charge in [0.25, 0.3) is 5.91 Å². The highest BCUT2D eigenvalue weighted by atomic mass is 19.1. The average Bonchev–Trinajstić information content (AvgIpc) is 2.64. The van der Waals surface area contributed by atoms with Crippen LogP contribution in [0.4, 0.5) is 15.8 Å². The Hall–Kier alpha value is -2.56. The van der Waals surface area contributed by atoms with Crippen molar-refractivity contribution < 1.29 is 13.9 Å². The summed E-state index contributed by atoms with van der Waals surface area (Å²) in [5.74, 6) is -0.102. The number of methoxy groups -OCH3 is 1. The molecule has 1 N–H and O–H groups in total. The van der Waals surface area contributed by atoms with E-state index in [1.165, 1.54) is 12.5 Å². The van der Waals surface area contributed by atoms with Gasteiger partial charge in [-0.15, -0.1) is 0 Å². The highest BCUT2D eigenvalue weighted by Crippen LogP contribution is 2.26. The van der Waals surface area contributed by atoms with Crippen molar-refractivity contribution in [3.63, 3.8) is 0 Å². The molecule has 1 heterocycles. The van der Waals surface area contributed by atoms with E-state index < -0.39 is 5.82 Å². The fourth-order valence-corrected chi connectivity index (χ4v) is 2.89. The summed E-state index contributed by atoms with van der Waals surface area (Å²) in [5, 5.41) is 2.66. The number of rotatable bonds is 4. The molecule has 1 aliphatic rings. The molecule has 0 atom stereocenters. The molecule has 1 saturated heterocycles. The third-order valence-corrected chi connectivity index (χ3v) is 4.27. The zero-order valence-electron chi connectivity index (χ0n) is 13.7. The van der Waals surface area contributed by atoms with Gasteiger partial charge in [-0.3, -0.25) is 4.79 Å². The van der Waals surface area contributed by atoms with E-state index in [9.17, 15) is 9.18 Å². The van der Waals surface area contributed by atoms with Gasteiger partial charge in [0, 0.05) is 24.3 Å². The first-order valence-electron chi connectivity index (χ1n) is 8.17. The Morgan fingerprint density at radius 3 is 2.46 bits per heavy atom. The Bertz CT molecular complexity index is 710. The Morgan fingerprint density at radius 1 is 1.08 bits per heavy atom. The molecule has 3 rings (SSSR count). The van der Waals surface area contributed by atoms with Gasteiger partial charge >= 0.3 is 0 Å². The second-order valence-corrected chi connectivity index (χ2v) is 5.89. The standard InChI is InChI=1S/C19H21FN2O2/c1-24-16-8-5-14(6-9-16)19(23)21-18-13-15(7-10-17(18)20)22-11-3-2-4-12-22/h5-10,13H,2-4,11-12H2,1H3,(H,21,23). The molecule has 1 fully saturated rings. The molecule has 1 amide bonds. The van der Waals surface area contributed by atoms with Crippen LogP contribution in [0.3, 0.4) is 0 Å². The van der Waals surface area contributed by atoms with Gasteiger partial charge in [0.15, 0.2) is 0 Å². The van der Waals surface area contributed by atoms with Crippen LogP contribution in [-0.2, 0) is 0 Å². The third kappa shape index (κ3) is 3.67. The van der Waals surface area contributed by atoms with E-state index in [0.717, 1.165) is 31.6 Å². The summed E-state index contributed by atoms with van der Waals surface area (Å²) in [5.41, 5.74) is 1.61. The quantitative estimate of drug-likeness (QED) is 0.919. The minimum atomic E-state index is -0.433. The SMILES string of the molecule is COc1ccc(C(=O)Nc2cc(N3CCCCC3)ccc2F)cc1. The van der Waals surface area contributed by atoms with Gasteiger partial charge in [-0.2, -0.15) is 0 Å². The number of hydrogen-bond acceptors (Lipinski definition) is 3. The molecule has 0 spiro atoms. The van der Waals surface area contributed by atoms with Crippen molar-refractivity contribution in [2.45, 2.75) is 19.3 Å². The van der Waals surface area contributed by atoms with Crippen LogP contribution in [0.2, 0.25) is 0 Å². The minimum Gasteiger partial charge on any atom is -0.497 e. The summed E-state index contributed by atoms with van der Waals surface area (Å²) in [6.07, 6.45) is 3.52. The summed E-state index contributed by atoms with van der Waals surface area (Å²) >= 11 is 0. The number of carbonyl (C=O) groups is 1. The topological polar surface area (TPSA) is 41.6 Å². The van der Waals surface area contributed by atoms with Crippen molar-refractivity contribution >= 4 is 17.3 Å². The number of hydrogen-bond donors (Lipinski definition) is 1. The van der Waals surface area contributed by atoms with Crippen molar-refractivity contribution in [2.24, 2.45) is 0 Å². The van der Waals surface area contributed by atoms with Gasteiger partial charge in [-0.1, -0.05) is 0 Å². The van der Waals surface area contributed by atoms with Crippen LogP contribution in [0.15, 0.2) is 42.5 Å². The largest absolute Gasteiger partial charge is 0.497 e. The monoisotopic (exact) mass is 328 g/mol. The van der Waals surface area contributed by atoms with Crippen LogP contribution in [0.5, 0.6) is 5.75 Å². The third-order valence-electron chi connectivity index (χ3n) is 4.27. The van der Waals surface area contributed by atoms with Gasteiger partial charge in [-0.25, -0.2) is 4.39 Å². The maximum absolute atomic E-state index is 14.1. The first-order valence-corrected chi connectivity index (χ1v) is 8.17. The number of nitrogens with zero attached hydrogens (tertiary/aromatic N) is 1. The first-order chi connectivity index (χ1) is 11.7. The van der Waals surface area contributed by atoms with E-state index in [1.807, 2.05) is 0 Å². The fourth-order valence-electron chi connectivity index (χ4n) is 2.89. The Labute approximate surface area is 141 Å². The lowest BCUT2D eigenvalue weighted by Gasteiger charge is -2.29. The number of nitrogens with one attached hydrogen (secondary N) is 1. The average molecular weight is 328 g/mol. The van der Waals surface area contributed by atoms with E-state index in [-0.39, 0.29) is 11.6 Å². The maximum Gasteiger partial charge on any atom is 0.255 e. The van der Waals surface area contributed by atoms with Gasteiger partial charge in [0.2, 0.25) is 0 Å². The summed E-state index contributed by atoms with van der Waals surface area (Å²) in [4.78, 5) is 14.5. The lowest BCUT2D eigenvalue weighted by Crippen LogP contribution is -2.29. The fraction of sp³-hybridized carbons (Fsp3) is 0.316. The van der Waals surface area contributed by atoms with E-state index in [0.29, 0.717) is 11.3 Å². The number of benzene rings is 2. The number of halogens is 1. The van der Waals surface area contributed by atoms with Crippen molar-refractivity contribution in [2.75, 3.05) is 30.4 Å². The summed E-state index contributed by atoms with van der Waals surface area (Å²) in [6.45, 7) is 1.94. The lowest BCUT2D eigenvalue weighted by molar-refractivity contribution is 0.102.